The molecule has 1 unspecified atom stereocenters. The standard InChI is InChI=1S/C14H14ClN3O2S/c1-7-12(17-18-14(20)21-7)9-5-8-3-2-4-11(19)16-13(8)10(15)6-9/h5-7H,2-4H2,1H3,(H,16,19)(H,18,20). The summed E-state index contributed by atoms with van der Waals surface area (Å²) in [6.45, 7) is 1.93. The number of amides is 2. The highest BCUT2D eigenvalue weighted by molar-refractivity contribution is 8.14. The Balaban J connectivity index is 2.02. The molecule has 0 saturated carbocycles. The van der Waals surface area contributed by atoms with Gasteiger partial charge in [-0.05, 0) is 37.5 Å². The van der Waals surface area contributed by atoms with Crippen LogP contribution in [0.15, 0.2) is 17.2 Å². The predicted octanol–water partition coefficient (Wildman–Crippen LogP) is 3.16. The van der Waals surface area contributed by atoms with Crippen molar-refractivity contribution in [3.63, 3.8) is 0 Å². The number of halogens is 1. The van der Waals surface area contributed by atoms with Gasteiger partial charge in [0.1, 0.15) is 0 Å². The fourth-order valence-electron chi connectivity index (χ4n) is 2.53. The summed E-state index contributed by atoms with van der Waals surface area (Å²) < 4.78 is 0. The molecule has 0 saturated heterocycles. The number of carbonyl (C=O) groups excluding carboxylic acids is 2. The Hall–Kier alpha value is -1.53. The average molecular weight is 324 g/mol. The van der Waals surface area contributed by atoms with Gasteiger partial charge >= 0.3 is 0 Å². The summed E-state index contributed by atoms with van der Waals surface area (Å²) in [5.41, 5.74) is 5.87. The van der Waals surface area contributed by atoms with E-state index in [9.17, 15) is 9.59 Å². The SMILES string of the molecule is CC1SC(=O)NN=C1c1cc(Cl)c2c(c1)CCCC(=O)N2. The third-order valence-electron chi connectivity index (χ3n) is 3.52. The number of anilines is 1. The molecule has 2 aliphatic rings. The van der Waals surface area contributed by atoms with E-state index in [1.165, 1.54) is 11.8 Å². The molecule has 5 nitrogen and oxygen atoms in total. The molecule has 7 heteroatoms. The molecule has 0 aromatic heterocycles. The molecule has 3 rings (SSSR count). The molecular weight excluding hydrogens is 310 g/mol. The Morgan fingerprint density at radius 3 is 2.90 bits per heavy atom. The van der Waals surface area contributed by atoms with E-state index in [0.29, 0.717) is 17.1 Å². The first-order valence-electron chi connectivity index (χ1n) is 6.71. The van der Waals surface area contributed by atoms with Crippen LogP contribution in [-0.4, -0.2) is 22.1 Å². The molecule has 110 valence electrons. The van der Waals surface area contributed by atoms with Gasteiger partial charge in [0.15, 0.2) is 0 Å². The molecular formula is C14H14ClN3O2S. The fourth-order valence-corrected chi connectivity index (χ4v) is 3.53. The summed E-state index contributed by atoms with van der Waals surface area (Å²) in [5, 5.41) is 7.32. The number of nitrogens with one attached hydrogen (secondary N) is 2. The fraction of sp³-hybridized carbons (Fsp3) is 0.357. The number of fused-ring (bicyclic) bond motifs is 1. The van der Waals surface area contributed by atoms with Crippen LogP contribution in [0.25, 0.3) is 0 Å². The number of benzene rings is 1. The van der Waals surface area contributed by atoms with Crippen LogP contribution < -0.4 is 10.7 Å². The minimum atomic E-state index is -0.153. The zero-order chi connectivity index (χ0) is 15.0. The maximum absolute atomic E-state index is 11.6. The van der Waals surface area contributed by atoms with Gasteiger partial charge in [-0.3, -0.25) is 9.59 Å². The smallest absolute Gasteiger partial charge is 0.299 e. The molecule has 2 amide bonds. The van der Waals surface area contributed by atoms with Crippen molar-refractivity contribution in [2.45, 2.75) is 31.4 Å². The van der Waals surface area contributed by atoms with E-state index in [0.717, 1.165) is 29.7 Å². The van der Waals surface area contributed by atoms with Crippen molar-refractivity contribution in [1.82, 2.24) is 5.43 Å². The summed E-state index contributed by atoms with van der Waals surface area (Å²) in [5.74, 6) is -0.00501. The first kappa shape index (κ1) is 14.4. The van der Waals surface area contributed by atoms with Crippen molar-refractivity contribution in [1.29, 1.82) is 0 Å². The van der Waals surface area contributed by atoms with E-state index in [4.69, 9.17) is 11.6 Å². The number of hydrazone groups is 1. The quantitative estimate of drug-likeness (QED) is 0.834. The van der Waals surface area contributed by atoms with Crippen molar-refractivity contribution >= 4 is 45.9 Å². The summed E-state index contributed by atoms with van der Waals surface area (Å²) in [7, 11) is 0. The Kier molecular flexibility index (Phi) is 3.91. The largest absolute Gasteiger partial charge is 0.325 e. The molecule has 0 fully saturated rings. The second-order valence-electron chi connectivity index (χ2n) is 5.05. The minimum absolute atomic E-state index is 0.00501. The highest BCUT2D eigenvalue weighted by Crippen LogP contribution is 2.33. The van der Waals surface area contributed by atoms with Gasteiger partial charge in [0.05, 0.1) is 21.7 Å². The lowest BCUT2D eigenvalue weighted by atomic mass is 10.0. The maximum atomic E-state index is 11.6. The first-order chi connectivity index (χ1) is 10.0. The Morgan fingerprint density at radius 2 is 2.14 bits per heavy atom. The number of rotatable bonds is 1. The van der Waals surface area contributed by atoms with E-state index in [2.05, 4.69) is 15.8 Å². The van der Waals surface area contributed by atoms with Crippen molar-refractivity contribution in [3.05, 3.63) is 28.3 Å². The summed E-state index contributed by atoms with van der Waals surface area (Å²) in [6, 6.07) is 3.79. The third kappa shape index (κ3) is 2.91. The van der Waals surface area contributed by atoms with Gasteiger partial charge in [0.25, 0.3) is 5.24 Å². The van der Waals surface area contributed by atoms with E-state index in [1.54, 1.807) is 6.07 Å². The van der Waals surface area contributed by atoms with Gasteiger partial charge in [-0.25, -0.2) is 5.43 Å². The van der Waals surface area contributed by atoms with Gasteiger partial charge in [-0.15, -0.1) is 0 Å². The number of nitrogens with zero attached hydrogens (tertiary/aromatic N) is 1. The van der Waals surface area contributed by atoms with Gasteiger partial charge in [-0.1, -0.05) is 23.4 Å². The lowest BCUT2D eigenvalue weighted by Crippen LogP contribution is -2.29. The van der Waals surface area contributed by atoms with Crippen LogP contribution in [0.1, 0.15) is 30.9 Å². The topological polar surface area (TPSA) is 70.6 Å². The number of aryl methyl sites for hydroxylation is 1. The monoisotopic (exact) mass is 323 g/mol. The normalized spacial score (nSPS) is 21.8. The molecule has 2 aliphatic heterocycles. The lowest BCUT2D eigenvalue weighted by molar-refractivity contribution is -0.116. The average Bonchev–Trinajstić information content (AvgIpc) is 2.60. The number of hydrogen-bond donors (Lipinski definition) is 2. The number of carbonyl (C=O) groups is 2. The summed E-state index contributed by atoms with van der Waals surface area (Å²) in [6.07, 6.45) is 2.10. The van der Waals surface area contributed by atoms with Crippen LogP contribution in [0.4, 0.5) is 10.5 Å². The zero-order valence-electron chi connectivity index (χ0n) is 11.4. The molecule has 21 heavy (non-hydrogen) atoms. The minimum Gasteiger partial charge on any atom is -0.325 e. The van der Waals surface area contributed by atoms with E-state index in [-0.39, 0.29) is 16.4 Å². The molecule has 2 heterocycles. The maximum Gasteiger partial charge on any atom is 0.299 e. The Bertz CT molecular complexity index is 660. The second kappa shape index (κ2) is 5.69. The number of thioether (sulfide) groups is 1. The molecule has 0 aliphatic carbocycles. The molecule has 0 spiro atoms. The molecule has 1 aromatic rings. The van der Waals surface area contributed by atoms with Gasteiger partial charge < -0.3 is 5.32 Å². The van der Waals surface area contributed by atoms with Gasteiger partial charge in [0.2, 0.25) is 5.91 Å². The van der Waals surface area contributed by atoms with Crippen molar-refractivity contribution in [2.24, 2.45) is 5.10 Å². The molecule has 1 aromatic carbocycles. The number of hydrogen-bond acceptors (Lipinski definition) is 4. The highest BCUT2D eigenvalue weighted by Gasteiger charge is 2.24. The molecule has 0 radical (unpaired) electrons. The van der Waals surface area contributed by atoms with Crippen LogP contribution in [0.3, 0.4) is 0 Å². The molecule has 0 bridgehead atoms. The third-order valence-corrected chi connectivity index (χ3v) is 4.70. The summed E-state index contributed by atoms with van der Waals surface area (Å²) >= 11 is 7.52. The predicted molar refractivity (Wildman–Crippen MR) is 85.1 cm³/mol. The molecule has 2 N–H and O–H groups in total. The van der Waals surface area contributed by atoms with Crippen LogP contribution in [0.2, 0.25) is 5.02 Å². The van der Waals surface area contributed by atoms with E-state index < -0.39 is 0 Å². The zero-order valence-corrected chi connectivity index (χ0v) is 13.0. The second-order valence-corrected chi connectivity index (χ2v) is 6.77. The highest BCUT2D eigenvalue weighted by atomic mass is 35.5. The molecule has 1 atom stereocenters. The first-order valence-corrected chi connectivity index (χ1v) is 7.97. The van der Waals surface area contributed by atoms with Gasteiger partial charge in [-0.2, -0.15) is 5.10 Å². The van der Waals surface area contributed by atoms with Crippen LogP contribution in [0, 0.1) is 0 Å². The Labute approximate surface area is 131 Å². The van der Waals surface area contributed by atoms with Crippen molar-refractivity contribution in [3.8, 4) is 0 Å². The van der Waals surface area contributed by atoms with Crippen LogP contribution in [0.5, 0.6) is 0 Å². The van der Waals surface area contributed by atoms with Crippen molar-refractivity contribution < 1.29 is 9.59 Å². The van der Waals surface area contributed by atoms with Crippen molar-refractivity contribution in [2.75, 3.05) is 5.32 Å². The van der Waals surface area contributed by atoms with Crippen LogP contribution >= 0.6 is 23.4 Å². The van der Waals surface area contributed by atoms with Crippen LogP contribution in [-0.2, 0) is 11.2 Å². The summed E-state index contributed by atoms with van der Waals surface area (Å²) in [4.78, 5) is 22.9. The Morgan fingerprint density at radius 1 is 1.33 bits per heavy atom. The van der Waals surface area contributed by atoms with E-state index >= 15 is 0 Å². The van der Waals surface area contributed by atoms with Gasteiger partial charge in [0, 0.05) is 12.0 Å². The van der Waals surface area contributed by atoms with E-state index in [1.807, 2.05) is 13.0 Å². The lowest BCUT2D eigenvalue weighted by Gasteiger charge is -2.20.